The molecule has 2 aromatic carbocycles. The summed E-state index contributed by atoms with van der Waals surface area (Å²) < 4.78 is 29.9. The summed E-state index contributed by atoms with van der Waals surface area (Å²) in [5.41, 5.74) is 2.96. The van der Waals surface area contributed by atoms with E-state index < -0.39 is 10.1 Å². The molecule has 136 valence electrons. The lowest BCUT2D eigenvalue weighted by molar-refractivity contribution is 0.204. The van der Waals surface area contributed by atoms with Gasteiger partial charge in [0.25, 0.3) is 10.1 Å². The second-order valence-electron chi connectivity index (χ2n) is 7.00. The van der Waals surface area contributed by atoms with Gasteiger partial charge in [-0.2, -0.15) is 13.7 Å². The van der Waals surface area contributed by atoms with Crippen LogP contribution in [0.4, 0.5) is 0 Å². The van der Waals surface area contributed by atoms with Gasteiger partial charge in [0.1, 0.15) is 0 Å². The molecule has 1 aliphatic carbocycles. The van der Waals surface area contributed by atoms with Crippen molar-refractivity contribution in [3.8, 4) is 6.07 Å². The van der Waals surface area contributed by atoms with Crippen molar-refractivity contribution < 1.29 is 12.6 Å². The van der Waals surface area contributed by atoms with Gasteiger partial charge in [-0.3, -0.25) is 4.18 Å². The summed E-state index contributed by atoms with van der Waals surface area (Å²) in [4.78, 5) is 0.217. The van der Waals surface area contributed by atoms with Crippen molar-refractivity contribution in [3.63, 3.8) is 0 Å². The Balaban J connectivity index is 1.52. The molecule has 0 radical (unpaired) electrons. The molecule has 1 saturated carbocycles. The molecule has 3 rings (SSSR count). The molecule has 5 heteroatoms. The highest BCUT2D eigenvalue weighted by atomic mass is 32.2. The standard InChI is InChI=1S/C21H23NO3S/c1-16-2-12-21(13-3-16)26(23,24)25-15-18-6-10-20(11-7-18)19-8-4-17(14-22)5-9-19/h2-5,8-9,12-13,18,20H,6-7,10-11,15H2,1H3/t18-,20-. The van der Waals surface area contributed by atoms with Crippen LogP contribution in [0.3, 0.4) is 0 Å². The Bertz CT molecular complexity index is 872. The van der Waals surface area contributed by atoms with Crippen LogP contribution >= 0.6 is 0 Å². The van der Waals surface area contributed by atoms with E-state index >= 15 is 0 Å². The second kappa shape index (κ2) is 8.03. The summed E-state index contributed by atoms with van der Waals surface area (Å²) >= 11 is 0. The van der Waals surface area contributed by atoms with Crippen LogP contribution in [0.5, 0.6) is 0 Å². The third-order valence-electron chi connectivity index (χ3n) is 5.13. The van der Waals surface area contributed by atoms with Crippen molar-refractivity contribution in [1.29, 1.82) is 5.26 Å². The van der Waals surface area contributed by atoms with E-state index in [4.69, 9.17) is 9.44 Å². The first-order valence-electron chi connectivity index (χ1n) is 8.94. The van der Waals surface area contributed by atoms with Crippen LogP contribution in [-0.4, -0.2) is 15.0 Å². The van der Waals surface area contributed by atoms with E-state index in [0.717, 1.165) is 31.2 Å². The van der Waals surface area contributed by atoms with Crippen molar-refractivity contribution >= 4 is 10.1 Å². The zero-order valence-corrected chi connectivity index (χ0v) is 15.7. The average molecular weight is 369 g/mol. The minimum atomic E-state index is -3.68. The van der Waals surface area contributed by atoms with Gasteiger partial charge in [-0.1, -0.05) is 29.8 Å². The summed E-state index contributed by atoms with van der Waals surface area (Å²) in [6.07, 6.45) is 3.94. The molecule has 1 fully saturated rings. The molecule has 0 bridgehead atoms. The van der Waals surface area contributed by atoms with Crippen molar-refractivity contribution in [1.82, 2.24) is 0 Å². The summed E-state index contributed by atoms with van der Waals surface area (Å²) in [6.45, 7) is 2.17. The minimum absolute atomic E-state index is 0.217. The summed E-state index contributed by atoms with van der Waals surface area (Å²) in [6, 6.07) is 16.7. The van der Waals surface area contributed by atoms with Crippen LogP contribution in [0.25, 0.3) is 0 Å². The van der Waals surface area contributed by atoms with Gasteiger partial charge in [-0.05, 0) is 74.3 Å². The highest BCUT2D eigenvalue weighted by Crippen LogP contribution is 2.36. The molecule has 0 atom stereocenters. The molecule has 0 aliphatic heterocycles. The van der Waals surface area contributed by atoms with Gasteiger partial charge in [0.2, 0.25) is 0 Å². The lowest BCUT2D eigenvalue weighted by Crippen LogP contribution is -2.20. The molecule has 0 N–H and O–H groups in total. The van der Waals surface area contributed by atoms with E-state index in [1.54, 1.807) is 24.3 Å². The number of hydrogen-bond donors (Lipinski definition) is 0. The van der Waals surface area contributed by atoms with Crippen LogP contribution in [-0.2, 0) is 14.3 Å². The van der Waals surface area contributed by atoms with E-state index in [-0.39, 0.29) is 17.4 Å². The molecule has 4 nitrogen and oxygen atoms in total. The van der Waals surface area contributed by atoms with Crippen LogP contribution in [0, 0.1) is 24.2 Å². The highest BCUT2D eigenvalue weighted by molar-refractivity contribution is 7.86. The van der Waals surface area contributed by atoms with E-state index in [0.29, 0.717) is 11.5 Å². The first kappa shape index (κ1) is 18.6. The molecule has 26 heavy (non-hydrogen) atoms. The molecular weight excluding hydrogens is 346 g/mol. The Morgan fingerprint density at radius 3 is 2.19 bits per heavy atom. The monoisotopic (exact) mass is 369 g/mol. The fourth-order valence-electron chi connectivity index (χ4n) is 3.45. The fraction of sp³-hybridized carbons (Fsp3) is 0.381. The van der Waals surface area contributed by atoms with Crippen molar-refractivity contribution in [2.45, 2.75) is 43.4 Å². The van der Waals surface area contributed by atoms with Crippen LogP contribution in [0.2, 0.25) is 0 Å². The molecule has 0 heterocycles. The first-order chi connectivity index (χ1) is 12.5. The van der Waals surface area contributed by atoms with Gasteiger partial charge in [0, 0.05) is 0 Å². The molecule has 0 spiro atoms. The molecule has 0 amide bonds. The fourth-order valence-corrected chi connectivity index (χ4v) is 4.43. The third-order valence-corrected chi connectivity index (χ3v) is 6.42. The number of benzene rings is 2. The van der Waals surface area contributed by atoms with Gasteiger partial charge in [-0.25, -0.2) is 0 Å². The Kier molecular flexibility index (Phi) is 5.75. The SMILES string of the molecule is Cc1ccc(S(=O)(=O)OC[C@H]2CC[C@H](c3ccc(C#N)cc3)CC2)cc1. The zero-order valence-electron chi connectivity index (χ0n) is 14.9. The predicted octanol–water partition coefficient (Wildman–Crippen LogP) is 4.55. The molecule has 0 unspecified atom stereocenters. The summed E-state index contributed by atoms with van der Waals surface area (Å²) in [7, 11) is -3.68. The molecule has 1 aliphatic rings. The van der Waals surface area contributed by atoms with Crippen LogP contribution < -0.4 is 0 Å². The molecular formula is C21H23NO3S. The van der Waals surface area contributed by atoms with Gasteiger partial charge >= 0.3 is 0 Å². The summed E-state index contributed by atoms with van der Waals surface area (Å²) in [5.74, 6) is 0.748. The Labute approximate surface area is 155 Å². The van der Waals surface area contributed by atoms with E-state index in [1.807, 2.05) is 31.2 Å². The van der Waals surface area contributed by atoms with Crippen molar-refractivity contribution in [2.75, 3.05) is 6.61 Å². The van der Waals surface area contributed by atoms with Gasteiger partial charge in [0.05, 0.1) is 23.1 Å². The Morgan fingerprint density at radius 1 is 1.00 bits per heavy atom. The van der Waals surface area contributed by atoms with Gasteiger partial charge in [-0.15, -0.1) is 0 Å². The number of hydrogen-bond acceptors (Lipinski definition) is 4. The van der Waals surface area contributed by atoms with E-state index in [2.05, 4.69) is 6.07 Å². The minimum Gasteiger partial charge on any atom is -0.266 e. The maximum Gasteiger partial charge on any atom is 0.296 e. The van der Waals surface area contributed by atoms with Crippen LogP contribution in [0.1, 0.15) is 48.3 Å². The lowest BCUT2D eigenvalue weighted by Gasteiger charge is -2.28. The summed E-state index contributed by atoms with van der Waals surface area (Å²) in [5, 5.41) is 8.88. The number of nitriles is 1. The van der Waals surface area contributed by atoms with E-state index in [1.165, 1.54) is 5.56 Å². The average Bonchev–Trinajstić information content (AvgIpc) is 2.67. The molecule has 2 aromatic rings. The first-order valence-corrected chi connectivity index (χ1v) is 10.3. The quantitative estimate of drug-likeness (QED) is 0.725. The van der Waals surface area contributed by atoms with Crippen LogP contribution in [0.15, 0.2) is 53.4 Å². The smallest absolute Gasteiger partial charge is 0.266 e. The zero-order chi connectivity index (χ0) is 18.6. The van der Waals surface area contributed by atoms with Gasteiger partial charge < -0.3 is 0 Å². The normalized spacial score (nSPS) is 20.5. The van der Waals surface area contributed by atoms with Crippen molar-refractivity contribution in [3.05, 3.63) is 65.2 Å². The topological polar surface area (TPSA) is 67.2 Å². The third kappa shape index (κ3) is 4.51. The Hall–Kier alpha value is -2.16. The predicted molar refractivity (Wildman–Crippen MR) is 100 cm³/mol. The largest absolute Gasteiger partial charge is 0.296 e. The maximum atomic E-state index is 12.3. The number of nitrogens with zero attached hydrogens (tertiary/aromatic N) is 1. The van der Waals surface area contributed by atoms with Gasteiger partial charge in [0.15, 0.2) is 0 Å². The number of aryl methyl sites for hydroxylation is 1. The highest BCUT2D eigenvalue weighted by Gasteiger charge is 2.25. The maximum absolute atomic E-state index is 12.3. The Morgan fingerprint density at radius 2 is 1.62 bits per heavy atom. The number of rotatable bonds is 5. The molecule has 0 aromatic heterocycles. The lowest BCUT2D eigenvalue weighted by atomic mass is 9.79. The van der Waals surface area contributed by atoms with E-state index in [9.17, 15) is 8.42 Å². The van der Waals surface area contributed by atoms with Crippen molar-refractivity contribution in [2.24, 2.45) is 5.92 Å². The second-order valence-corrected chi connectivity index (χ2v) is 8.62. The molecule has 0 saturated heterocycles.